The highest BCUT2D eigenvalue weighted by atomic mass is 16.5. The molecule has 1 aromatic heterocycles. The number of esters is 2. The molecule has 0 saturated carbocycles. The maximum Gasteiger partial charge on any atom is 0.374 e. The van der Waals surface area contributed by atoms with Crippen LogP contribution in [-0.2, 0) is 20.7 Å². The maximum absolute atomic E-state index is 12.3. The Balaban J connectivity index is 2.34. The van der Waals surface area contributed by atoms with Crippen LogP contribution in [0.2, 0.25) is 0 Å². The van der Waals surface area contributed by atoms with E-state index >= 15 is 0 Å². The molecule has 128 valence electrons. The Morgan fingerprint density at radius 1 is 1.29 bits per heavy atom. The van der Waals surface area contributed by atoms with Gasteiger partial charge in [-0.3, -0.25) is 4.79 Å². The fourth-order valence-electron chi connectivity index (χ4n) is 2.27. The molecule has 0 fully saturated rings. The second-order valence-corrected chi connectivity index (χ2v) is 5.09. The van der Waals surface area contributed by atoms with E-state index in [0.717, 1.165) is 6.42 Å². The Hall–Kier alpha value is -2.76. The van der Waals surface area contributed by atoms with E-state index < -0.39 is 11.9 Å². The van der Waals surface area contributed by atoms with Crippen LogP contribution < -0.4 is 4.74 Å². The van der Waals surface area contributed by atoms with Crippen molar-refractivity contribution in [1.82, 2.24) is 0 Å². The molecule has 6 heteroatoms. The van der Waals surface area contributed by atoms with Crippen LogP contribution in [0, 0.1) is 0 Å². The standard InChI is InChI=1S/C18H20O6/c1-4-5-6-9-23-18(20)17-14(11-16(19)22-3)13-8-7-12(21-2)10-15(13)24-17/h4,7-8,10H,1,5-6,9,11H2,2-3H3. The van der Waals surface area contributed by atoms with Gasteiger partial charge in [0.25, 0.3) is 0 Å². The molecule has 0 N–H and O–H groups in total. The fourth-order valence-corrected chi connectivity index (χ4v) is 2.27. The van der Waals surface area contributed by atoms with Crippen molar-refractivity contribution < 1.29 is 28.2 Å². The molecular formula is C18H20O6. The number of ether oxygens (including phenoxy) is 3. The van der Waals surface area contributed by atoms with Crippen molar-refractivity contribution in [2.45, 2.75) is 19.3 Å². The number of methoxy groups -OCH3 is 2. The highest BCUT2D eigenvalue weighted by molar-refractivity contribution is 5.98. The summed E-state index contributed by atoms with van der Waals surface area (Å²) in [6.45, 7) is 3.87. The van der Waals surface area contributed by atoms with Gasteiger partial charge in [0, 0.05) is 17.0 Å². The fraction of sp³-hybridized carbons (Fsp3) is 0.333. The molecule has 1 aromatic carbocycles. The Bertz CT molecular complexity index is 743. The Kier molecular flexibility index (Phi) is 6.01. The van der Waals surface area contributed by atoms with Crippen LogP contribution in [0.3, 0.4) is 0 Å². The van der Waals surface area contributed by atoms with Gasteiger partial charge in [-0.15, -0.1) is 6.58 Å². The normalized spacial score (nSPS) is 10.4. The molecule has 6 nitrogen and oxygen atoms in total. The van der Waals surface area contributed by atoms with Gasteiger partial charge in [0.1, 0.15) is 11.3 Å². The van der Waals surface area contributed by atoms with Crippen LogP contribution in [-0.4, -0.2) is 32.8 Å². The average Bonchev–Trinajstić information content (AvgIpc) is 2.96. The predicted molar refractivity (Wildman–Crippen MR) is 88.2 cm³/mol. The molecule has 0 amide bonds. The lowest BCUT2D eigenvalue weighted by Gasteiger charge is -2.04. The minimum Gasteiger partial charge on any atom is -0.497 e. The molecule has 1 heterocycles. The molecule has 0 unspecified atom stereocenters. The van der Waals surface area contributed by atoms with Gasteiger partial charge in [0.15, 0.2) is 0 Å². The zero-order valence-corrected chi connectivity index (χ0v) is 13.8. The molecule has 0 aliphatic heterocycles. The monoisotopic (exact) mass is 332 g/mol. The topological polar surface area (TPSA) is 75.0 Å². The summed E-state index contributed by atoms with van der Waals surface area (Å²) >= 11 is 0. The lowest BCUT2D eigenvalue weighted by Crippen LogP contribution is -2.11. The van der Waals surface area contributed by atoms with Crippen LogP contribution in [0.15, 0.2) is 35.3 Å². The van der Waals surface area contributed by atoms with Crippen LogP contribution in [0.1, 0.15) is 29.0 Å². The molecule has 0 spiro atoms. The third-order valence-electron chi connectivity index (χ3n) is 3.52. The molecule has 2 aromatic rings. The van der Waals surface area contributed by atoms with Gasteiger partial charge in [-0.05, 0) is 25.0 Å². The van der Waals surface area contributed by atoms with E-state index in [-0.39, 0.29) is 18.8 Å². The lowest BCUT2D eigenvalue weighted by molar-refractivity contribution is -0.139. The number of allylic oxidation sites excluding steroid dienone is 1. The molecule has 24 heavy (non-hydrogen) atoms. The molecule has 0 bridgehead atoms. The smallest absolute Gasteiger partial charge is 0.374 e. The molecule has 0 saturated heterocycles. The molecule has 0 aliphatic carbocycles. The van der Waals surface area contributed by atoms with E-state index in [1.165, 1.54) is 14.2 Å². The van der Waals surface area contributed by atoms with E-state index in [4.69, 9.17) is 18.6 Å². The van der Waals surface area contributed by atoms with E-state index in [9.17, 15) is 9.59 Å². The first kappa shape index (κ1) is 17.6. The summed E-state index contributed by atoms with van der Waals surface area (Å²) in [7, 11) is 2.83. The second kappa shape index (κ2) is 8.19. The average molecular weight is 332 g/mol. The summed E-state index contributed by atoms with van der Waals surface area (Å²) in [5, 5.41) is 0.652. The van der Waals surface area contributed by atoms with E-state index in [2.05, 4.69) is 6.58 Å². The number of rotatable bonds is 8. The third-order valence-corrected chi connectivity index (χ3v) is 3.52. The summed E-state index contributed by atoms with van der Waals surface area (Å²) in [6, 6.07) is 5.13. The van der Waals surface area contributed by atoms with Gasteiger partial charge in [-0.25, -0.2) is 4.79 Å². The first-order chi connectivity index (χ1) is 11.6. The maximum atomic E-state index is 12.3. The van der Waals surface area contributed by atoms with Crippen LogP contribution in [0.25, 0.3) is 11.0 Å². The summed E-state index contributed by atoms with van der Waals surface area (Å²) in [6.07, 6.45) is 3.10. The summed E-state index contributed by atoms with van der Waals surface area (Å²) in [5.74, 6) is -0.462. The lowest BCUT2D eigenvalue weighted by atomic mass is 10.1. The number of benzene rings is 1. The molecule has 0 atom stereocenters. The van der Waals surface area contributed by atoms with E-state index in [0.29, 0.717) is 28.7 Å². The number of hydrogen-bond acceptors (Lipinski definition) is 6. The largest absolute Gasteiger partial charge is 0.497 e. The highest BCUT2D eigenvalue weighted by Gasteiger charge is 2.24. The van der Waals surface area contributed by atoms with Gasteiger partial charge in [-0.2, -0.15) is 0 Å². The van der Waals surface area contributed by atoms with E-state index in [1.807, 2.05) is 0 Å². The summed E-state index contributed by atoms with van der Waals surface area (Å²) in [5.41, 5.74) is 0.902. The van der Waals surface area contributed by atoms with Gasteiger partial charge in [-0.1, -0.05) is 6.08 Å². The number of hydrogen-bond donors (Lipinski definition) is 0. The first-order valence-electron chi connectivity index (χ1n) is 7.55. The van der Waals surface area contributed by atoms with Gasteiger partial charge >= 0.3 is 11.9 Å². The minimum absolute atomic E-state index is 0.0160. The van der Waals surface area contributed by atoms with Crippen molar-refractivity contribution in [3.05, 3.63) is 42.2 Å². The SMILES string of the molecule is C=CCCCOC(=O)c1oc2cc(OC)ccc2c1CC(=O)OC. The summed E-state index contributed by atoms with van der Waals surface area (Å²) in [4.78, 5) is 24.0. The quantitative estimate of drug-likeness (QED) is 0.419. The number of unbranched alkanes of at least 4 members (excludes halogenated alkanes) is 1. The van der Waals surface area contributed by atoms with Gasteiger partial charge in [0.05, 0.1) is 27.2 Å². The van der Waals surface area contributed by atoms with Crippen LogP contribution in [0.5, 0.6) is 5.75 Å². The van der Waals surface area contributed by atoms with Gasteiger partial charge < -0.3 is 18.6 Å². The predicted octanol–water partition coefficient (Wildman–Crippen LogP) is 3.28. The van der Waals surface area contributed by atoms with E-state index in [1.54, 1.807) is 24.3 Å². The van der Waals surface area contributed by atoms with Crippen LogP contribution >= 0.6 is 0 Å². The second-order valence-electron chi connectivity index (χ2n) is 5.09. The molecule has 2 rings (SSSR count). The van der Waals surface area contributed by atoms with Crippen molar-refractivity contribution >= 4 is 22.9 Å². The van der Waals surface area contributed by atoms with Crippen molar-refractivity contribution in [3.63, 3.8) is 0 Å². The summed E-state index contributed by atoms with van der Waals surface area (Å²) < 4.78 is 20.7. The molecule has 0 radical (unpaired) electrons. The minimum atomic E-state index is -0.604. The van der Waals surface area contributed by atoms with Crippen molar-refractivity contribution in [2.75, 3.05) is 20.8 Å². The highest BCUT2D eigenvalue weighted by Crippen LogP contribution is 2.30. The van der Waals surface area contributed by atoms with Crippen molar-refractivity contribution in [1.29, 1.82) is 0 Å². The Morgan fingerprint density at radius 2 is 2.08 bits per heavy atom. The Morgan fingerprint density at radius 3 is 2.75 bits per heavy atom. The number of furan rings is 1. The zero-order valence-electron chi connectivity index (χ0n) is 13.8. The van der Waals surface area contributed by atoms with Crippen molar-refractivity contribution in [3.8, 4) is 5.75 Å². The first-order valence-corrected chi connectivity index (χ1v) is 7.55. The third kappa shape index (κ3) is 3.95. The molecule has 0 aliphatic rings. The number of carbonyl (C=O) groups excluding carboxylic acids is 2. The van der Waals surface area contributed by atoms with Gasteiger partial charge in [0.2, 0.25) is 5.76 Å². The zero-order chi connectivity index (χ0) is 17.5. The number of carbonyl (C=O) groups is 2. The molecular weight excluding hydrogens is 312 g/mol. The van der Waals surface area contributed by atoms with Crippen molar-refractivity contribution in [2.24, 2.45) is 0 Å². The number of fused-ring (bicyclic) bond motifs is 1. The van der Waals surface area contributed by atoms with Crippen LogP contribution in [0.4, 0.5) is 0 Å². The Labute approximate surface area is 140 Å².